The molecule has 11 nitrogen and oxygen atoms in total. The Morgan fingerprint density at radius 3 is 2.54 bits per heavy atom. The highest BCUT2D eigenvalue weighted by molar-refractivity contribution is 5.97. The fourth-order valence-electron chi connectivity index (χ4n) is 4.43. The summed E-state index contributed by atoms with van der Waals surface area (Å²) < 4.78 is 5.31. The van der Waals surface area contributed by atoms with Crippen LogP contribution in [0, 0.1) is 11.8 Å². The molecule has 0 spiro atoms. The second kappa shape index (κ2) is 11.7. The van der Waals surface area contributed by atoms with Crippen LogP contribution in [0.25, 0.3) is 0 Å². The lowest BCUT2D eigenvalue weighted by Gasteiger charge is -2.37. The first-order chi connectivity index (χ1) is 17.9. The minimum atomic E-state index is -0.712. The van der Waals surface area contributed by atoms with E-state index < -0.39 is 5.91 Å². The van der Waals surface area contributed by atoms with Crippen molar-refractivity contribution in [1.29, 1.82) is 0 Å². The van der Waals surface area contributed by atoms with E-state index in [9.17, 15) is 14.4 Å². The third-order valence-corrected chi connectivity index (χ3v) is 6.51. The predicted octanol–water partition coefficient (Wildman–Crippen LogP) is 1.24. The molecule has 194 valence electrons. The number of carbonyl (C=O) groups excluding carboxylic acids is 3. The molecular formula is C26H31N7O4. The maximum atomic E-state index is 12.7. The van der Waals surface area contributed by atoms with Crippen molar-refractivity contribution in [2.45, 2.75) is 25.8 Å². The third kappa shape index (κ3) is 6.16. The number of likely N-dealkylation sites (tertiary alicyclic amines) is 1. The number of carbonyl (C=O) groups is 3. The van der Waals surface area contributed by atoms with Gasteiger partial charge in [0.25, 0.3) is 17.7 Å². The number of primary amides is 1. The van der Waals surface area contributed by atoms with Crippen LogP contribution in [0.4, 0.5) is 17.3 Å². The number of ether oxygens (including phenoxy) is 1. The normalized spacial score (nSPS) is 17.4. The van der Waals surface area contributed by atoms with Gasteiger partial charge < -0.3 is 30.5 Å². The lowest BCUT2D eigenvalue weighted by atomic mass is 10.0. The van der Waals surface area contributed by atoms with Gasteiger partial charge in [-0.05, 0) is 50.0 Å². The number of piperidine rings is 1. The number of benzene rings is 1. The van der Waals surface area contributed by atoms with Gasteiger partial charge in [0.2, 0.25) is 0 Å². The number of aromatic nitrogens is 2. The molecular weight excluding hydrogens is 474 g/mol. The smallest absolute Gasteiger partial charge is 0.298 e. The number of morpholine rings is 1. The number of nitrogens with two attached hydrogens (primary N) is 1. The first-order valence-corrected chi connectivity index (χ1v) is 12.2. The second-order valence-corrected chi connectivity index (χ2v) is 8.93. The Hall–Kier alpha value is -4.17. The van der Waals surface area contributed by atoms with Crippen molar-refractivity contribution in [1.82, 2.24) is 19.8 Å². The van der Waals surface area contributed by atoms with Gasteiger partial charge >= 0.3 is 0 Å². The van der Waals surface area contributed by atoms with Crippen molar-refractivity contribution in [3.8, 4) is 11.8 Å². The molecule has 1 aromatic heterocycles. The Balaban J connectivity index is 1.50. The topological polar surface area (TPSA) is 134 Å². The molecule has 0 radical (unpaired) electrons. The van der Waals surface area contributed by atoms with E-state index in [0.717, 1.165) is 12.8 Å². The van der Waals surface area contributed by atoms with Crippen molar-refractivity contribution >= 4 is 35.0 Å². The van der Waals surface area contributed by atoms with Gasteiger partial charge in [0.15, 0.2) is 11.5 Å². The van der Waals surface area contributed by atoms with Crippen LogP contribution in [-0.2, 0) is 9.53 Å². The highest BCUT2D eigenvalue weighted by Crippen LogP contribution is 2.24. The lowest BCUT2D eigenvalue weighted by molar-refractivity contribution is -0.126. The molecule has 1 aromatic carbocycles. The summed E-state index contributed by atoms with van der Waals surface area (Å²) in [5, 5.41) is 3.11. The maximum Gasteiger partial charge on any atom is 0.298 e. The Kier molecular flexibility index (Phi) is 8.20. The van der Waals surface area contributed by atoms with Crippen LogP contribution in [0.2, 0.25) is 0 Å². The Morgan fingerprint density at radius 2 is 1.86 bits per heavy atom. The summed E-state index contributed by atoms with van der Waals surface area (Å²) in [6.45, 7) is 5.03. The van der Waals surface area contributed by atoms with Crippen molar-refractivity contribution in [2.75, 3.05) is 56.7 Å². The van der Waals surface area contributed by atoms with Crippen LogP contribution >= 0.6 is 0 Å². The van der Waals surface area contributed by atoms with Crippen LogP contribution in [0.3, 0.4) is 0 Å². The van der Waals surface area contributed by atoms with Gasteiger partial charge in [-0.3, -0.25) is 14.4 Å². The summed E-state index contributed by atoms with van der Waals surface area (Å²) >= 11 is 0. The minimum absolute atomic E-state index is 0.00397. The molecule has 11 heteroatoms. The molecule has 4 rings (SSSR count). The number of likely N-dealkylation sites (N-methyl/N-ethyl adjacent to an activating group) is 1. The zero-order valence-corrected chi connectivity index (χ0v) is 21.1. The van der Waals surface area contributed by atoms with Crippen LogP contribution < -0.4 is 16.0 Å². The summed E-state index contributed by atoms with van der Waals surface area (Å²) in [5.74, 6) is 5.05. The Labute approximate surface area is 216 Å². The molecule has 3 N–H and O–H groups in total. The van der Waals surface area contributed by atoms with Crippen molar-refractivity contribution in [3.63, 3.8) is 0 Å². The van der Waals surface area contributed by atoms with Gasteiger partial charge in [-0.2, -0.15) is 0 Å². The minimum Gasteiger partial charge on any atom is -0.378 e. The van der Waals surface area contributed by atoms with E-state index in [1.54, 1.807) is 41.0 Å². The van der Waals surface area contributed by atoms with Gasteiger partial charge in [0.1, 0.15) is 5.82 Å². The average Bonchev–Trinajstić information content (AvgIpc) is 2.93. The van der Waals surface area contributed by atoms with Gasteiger partial charge in [-0.25, -0.2) is 9.97 Å². The number of hydrogen-bond donors (Lipinski definition) is 2. The summed E-state index contributed by atoms with van der Waals surface area (Å²) in [5.41, 5.74) is 6.74. The van der Waals surface area contributed by atoms with Gasteiger partial charge in [-0.1, -0.05) is 5.92 Å². The fourth-order valence-corrected chi connectivity index (χ4v) is 4.43. The second-order valence-electron chi connectivity index (χ2n) is 8.93. The molecule has 2 fully saturated rings. The van der Waals surface area contributed by atoms with Crippen LogP contribution in [0.5, 0.6) is 0 Å². The van der Waals surface area contributed by atoms with Gasteiger partial charge in [-0.15, -0.1) is 0 Å². The van der Waals surface area contributed by atoms with E-state index in [-0.39, 0.29) is 29.4 Å². The zero-order valence-electron chi connectivity index (χ0n) is 21.1. The third-order valence-electron chi connectivity index (χ3n) is 6.51. The van der Waals surface area contributed by atoms with Crippen LogP contribution in [0.15, 0.2) is 30.5 Å². The summed E-state index contributed by atoms with van der Waals surface area (Å²) in [7, 11) is 1.88. The van der Waals surface area contributed by atoms with E-state index in [1.165, 1.54) is 6.20 Å². The van der Waals surface area contributed by atoms with Crippen LogP contribution in [-0.4, -0.2) is 90.0 Å². The monoisotopic (exact) mass is 505 g/mol. The SMILES string of the molecule is CC#CC(=O)N1CCCC(N(C)c2cnc(C(N)=O)c(Nc3ccc(C(=O)N4CCOCC4)cc3)n2)C1. The first kappa shape index (κ1) is 25.9. The quantitative estimate of drug-likeness (QED) is 0.560. The predicted molar refractivity (Wildman–Crippen MR) is 138 cm³/mol. The molecule has 0 aliphatic carbocycles. The van der Waals surface area contributed by atoms with Gasteiger partial charge in [0.05, 0.1) is 19.4 Å². The molecule has 1 unspecified atom stereocenters. The molecule has 2 aliphatic heterocycles. The van der Waals surface area contributed by atoms with E-state index >= 15 is 0 Å². The first-order valence-electron chi connectivity index (χ1n) is 12.2. The van der Waals surface area contributed by atoms with Crippen molar-refractivity contribution in [3.05, 3.63) is 41.7 Å². The molecule has 0 saturated carbocycles. The number of anilines is 3. The summed E-state index contributed by atoms with van der Waals surface area (Å²) in [4.78, 5) is 51.4. The highest BCUT2D eigenvalue weighted by Gasteiger charge is 2.27. The Bertz CT molecular complexity index is 1220. The summed E-state index contributed by atoms with van der Waals surface area (Å²) in [6, 6.07) is 6.95. The molecule has 3 heterocycles. The lowest BCUT2D eigenvalue weighted by Crippen LogP contribution is -2.48. The molecule has 2 aliphatic rings. The largest absolute Gasteiger partial charge is 0.378 e. The zero-order chi connectivity index (χ0) is 26.4. The standard InChI is InChI=1S/C26H31N7O4/c1-3-5-22(34)33-11-4-6-20(17-33)31(2)21-16-28-23(24(27)35)25(30-21)29-19-9-7-18(8-10-19)26(36)32-12-14-37-15-13-32/h7-10,16,20H,4,6,11-15,17H2,1-2H3,(H2,27,35)(H,29,30). The molecule has 3 amide bonds. The van der Waals surface area contributed by atoms with E-state index in [2.05, 4.69) is 27.1 Å². The number of hydrogen-bond acceptors (Lipinski definition) is 8. The van der Waals surface area contributed by atoms with Crippen molar-refractivity contribution < 1.29 is 19.1 Å². The number of nitrogens with one attached hydrogen (secondary N) is 1. The van der Waals surface area contributed by atoms with Crippen molar-refractivity contribution in [2.24, 2.45) is 5.73 Å². The fraction of sp³-hybridized carbons (Fsp3) is 0.423. The van der Waals surface area contributed by atoms with E-state index in [4.69, 9.17) is 10.5 Å². The van der Waals surface area contributed by atoms with E-state index in [1.807, 2.05) is 11.9 Å². The highest BCUT2D eigenvalue weighted by atomic mass is 16.5. The number of rotatable bonds is 6. The molecule has 0 bridgehead atoms. The Morgan fingerprint density at radius 1 is 1.14 bits per heavy atom. The molecule has 2 saturated heterocycles. The number of amides is 3. The molecule has 37 heavy (non-hydrogen) atoms. The summed E-state index contributed by atoms with van der Waals surface area (Å²) in [6.07, 6.45) is 3.22. The molecule has 2 aromatic rings. The average molecular weight is 506 g/mol. The number of nitrogens with zero attached hydrogens (tertiary/aromatic N) is 5. The maximum absolute atomic E-state index is 12.7. The van der Waals surface area contributed by atoms with E-state index in [0.29, 0.717) is 56.5 Å². The molecule has 1 atom stereocenters. The van der Waals surface area contributed by atoms with Gasteiger partial charge in [0, 0.05) is 50.5 Å². The van der Waals surface area contributed by atoms with Crippen LogP contribution in [0.1, 0.15) is 40.6 Å².